The van der Waals surface area contributed by atoms with Crippen molar-refractivity contribution in [3.63, 3.8) is 0 Å². The molecule has 14 heavy (non-hydrogen) atoms. The summed E-state index contributed by atoms with van der Waals surface area (Å²) >= 11 is 7.27. The van der Waals surface area contributed by atoms with Gasteiger partial charge in [0.25, 0.3) is 0 Å². The van der Waals surface area contributed by atoms with Gasteiger partial charge in [-0.05, 0) is 17.9 Å². The van der Waals surface area contributed by atoms with Gasteiger partial charge >= 0.3 is 0 Å². The Morgan fingerprint density at radius 3 is 3.14 bits per heavy atom. The van der Waals surface area contributed by atoms with E-state index in [4.69, 9.17) is 11.6 Å². The topological polar surface area (TPSA) is 41.6 Å². The van der Waals surface area contributed by atoms with Crippen LogP contribution < -0.4 is 0 Å². The highest BCUT2D eigenvalue weighted by atomic mass is 35.5. The third-order valence-electron chi connectivity index (χ3n) is 1.95. The maximum Gasteiger partial charge on any atom is 0.224 e. The number of halogens is 1. The number of hydrogen-bond acceptors (Lipinski definition) is 3. The van der Waals surface area contributed by atoms with Gasteiger partial charge in [0.1, 0.15) is 5.65 Å². The van der Waals surface area contributed by atoms with Crippen LogP contribution in [0.3, 0.4) is 0 Å². The fourth-order valence-corrected chi connectivity index (χ4v) is 1.75. The molecule has 2 heterocycles. The van der Waals surface area contributed by atoms with Gasteiger partial charge in [0, 0.05) is 28.2 Å². The van der Waals surface area contributed by atoms with Crippen LogP contribution in [-0.2, 0) is 0 Å². The molecule has 0 aliphatic carbocycles. The lowest BCUT2D eigenvalue weighted by Crippen LogP contribution is -1.82. The van der Waals surface area contributed by atoms with Crippen molar-refractivity contribution >= 4 is 39.3 Å². The van der Waals surface area contributed by atoms with Crippen molar-refractivity contribution in [3.05, 3.63) is 29.8 Å². The van der Waals surface area contributed by atoms with Gasteiger partial charge in [-0.1, -0.05) is 6.58 Å². The van der Waals surface area contributed by atoms with Crippen LogP contribution in [0.5, 0.6) is 0 Å². The number of aromatic nitrogens is 3. The molecule has 0 aliphatic rings. The number of rotatable bonds is 2. The molecule has 0 saturated heterocycles. The zero-order valence-electron chi connectivity index (χ0n) is 7.54. The Balaban J connectivity index is 2.64. The molecule has 1 N–H and O–H groups in total. The van der Waals surface area contributed by atoms with Crippen molar-refractivity contribution in [3.8, 4) is 0 Å². The van der Waals surface area contributed by atoms with Crippen molar-refractivity contribution < 1.29 is 0 Å². The smallest absolute Gasteiger partial charge is 0.224 e. The number of hydrogen-bond donors (Lipinski definition) is 1. The Kier molecular flexibility index (Phi) is 2.48. The zero-order chi connectivity index (χ0) is 10.1. The van der Waals surface area contributed by atoms with Crippen LogP contribution in [0.2, 0.25) is 5.28 Å². The minimum atomic E-state index is 0.251. The fraction of sp³-hybridized carbons (Fsp3) is 0.111. The normalized spacial score (nSPS) is 10.7. The summed E-state index contributed by atoms with van der Waals surface area (Å²) in [7, 11) is 0. The van der Waals surface area contributed by atoms with E-state index < -0.39 is 0 Å². The van der Waals surface area contributed by atoms with Crippen molar-refractivity contribution in [2.75, 3.05) is 6.26 Å². The van der Waals surface area contributed by atoms with Gasteiger partial charge in [-0.25, -0.2) is 4.98 Å². The number of fused-ring (bicyclic) bond motifs is 1. The first-order valence-electron chi connectivity index (χ1n) is 3.95. The van der Waals surface area contributed by atoms with E-state index in [2.05, 4.69) is 21.5 Å². The highest BCUT2D eigenvalue weighted by Crippen LogP contribution is 2.28. The SMILES string of the molecule is C=C(SC)c1c[nH]c2nc(Cl)ncc12. The average molecular weight is 226 g/mol. The van der Waals surface area contributed by atoms with Gasteiger partial charge in [0.05, 0.1) is 0 Å². The van der Waals surface area contributed by atoms with Crippen LogP contribution in [0.1, 0.15) is 5.56 Å². The molecule has 0 aliphatic heterocycles. The maximum absolute atomic E-state index is 5.67. The molecule has 2 aromatic heterocycles. The number of aromatic amines is 1. The number of thioether (sulfide) groups is 1. The average Bonchev–Trinajstić information content (AvgIpc) is 2.59. The van der Waals surface area contributed by atoms with E-state index in [0.29, 0.717) is 0 Å². The minimum Gasteiger partial charge on any atom is -0.345 e. The van der Waals surface area contributed by atoms with E-state index in [1.165, 1.54) is 0 Å². The van der Waals surface area contributed by atoms with E-state index >= 15 is 0 Å². The van der Waals surface area contributed by atoms with E-state index in [0.717, 1.165) is 21.5 Å². The van der Waals surface area contributed by atoms with Gasteiger partial charge < -0.3 is 4.98 Å². The first-order chi connectivity index (χ1) is 6.72. The molecule has 2 rings (SSSR count). The van der Waals surface area contributed by atoms with Crippen LogP contribution in [0.4, 0.5) is 0 Å². The predicted octanol–water partition coefficient (Wildman–Crippen LogP) is 2.95. The number of nitrogens with one attached hydrogen (secondary N) is 1. The van der Waals surface area contributed by atoms with E-state index in [1.807, 2.05) is 12.5 Å². The minimum absolute atomic E-state index is 0.251. The van der Waals surface area contributed by atoms with Crippen LogP contribution in [-0.4, -0.2) is 21.2 Å². The fourth-order valence-electron chi connectivity index (χ4n) is 1.23. The second-order valence-corrected chi connectivity index (χ2v) is 3.97. The van der Waals surface area contributed by atoms with Gasteiger partial charge in [-0.2, -0.15) is 4.98 Å². The van der Waals surface area contributed by atoms with Crippen molar-refractivity contribution in [1.29, 1.82) is 0 Å². The first-order valence-corrected chi connectivity index (χ1v) is 5.55. The van der Waals surface area contributed by atoms with Crippen LogP contribution in [0, 0.1) is 0 Å². The molecule has 0 bridgehead atoms. The molecule has 2 aromatic rings. The van der Waals surface area contributed by atoms with Crippen LogP contribution in [0.25, 0.3) is 15.9 Å². The monoisotopic (exact) mass is 225 g/mol. The molecule has 72 valence electrons. The highest BCUT2D eigenvalue weighted by Gasteiger charge is 2.07. The summed E-state index contributed by atoms with van der Waals surface area (Å²) in [6, 6.07) is 0. The quantitative estimate of drug-likeness (QED) is 0.799. The predicted molar refractivity (Wildman–Crippen MR) is 61.4 cm³/mol. The molecule has 0 atom stereocenters. The summed E-state index contributed by atoms with van der Waals surface area (Å²) in [6.07, 6.45) is 5.56. The van der Waals surface area contributed by atoms with Crippen molar-refractivity contribution in [2.24, 2.45) is 0 Å². The zero-order valence-corrected chi connectivity index (χ0v) is 9.11. The van der Waals surface area contributed by atoms with Crippen molar-refractivity contribution in [2.45, 2.75) is 0 Å². The second kappa shape index (κ2) is 3.63. The lowest BCUT2D eigenvalue weighted by molar-refractivity contribution is 1.20. The Bertz CT molecular complexity index is 492. The van der Waals surface area contributed by atoms with Gasteiger partial charge in [-0.15, -0.1) is 11.8 Å². The molecule has 3 nitrogen and oxygen atoms in total. The molecular weight excluding hydrogens is 218 g/mol. The van der Waals surface area contributed by atoms with E-state index in [-0.39, 0.29) is 5.28 Å². The summed E-state index contributed by atoms with van der Waals surface area (Å²) < 4.78 is 0. The molecule has 0 radical (unpaired) electrons. The maximum atomic E-state index is 5.67. The van der Waals surface area contributed by atoms with Crippen molar-refractivity contribution in [1.82, 2.24) is 15.0 Å². The summed E-state index contributed by atoms with van der Waals surface area (Å²) in [5, 5.41) is 1.20. The molecule has 0 saturated carbocycles. The van der Waals surface area contributed by atoms with Crippen LogP contribution in [0.15, 0.2) is 19.0 Å². The Morgan fingerprint density at radius 2 is 2.43 bits per heavy atom. The third-order valence-corrected chi connectivity index (χ3v) is 2.84. The molecule has 0 aromatic carbocycles. The van der Waals surface area contributed by atoms with Crippen LogP contribution >= 0.6 is 23.4 Å². The lowest BCUT2D eigenvalue weighted by atomic mass is 10.2. The molecular formula is C9H8ClN3S. The van der Waals surface area contributed by atoms with Gasteiger partial charge in [0.15, 0.2) is 0 Å². The van der Waals surface area contributed by atoms with E-state index in [1.54, 1.807) is 18.0 Å². The number of nitrogens with zero attached hydrogens (tertiary/aromatic N) is 2. The molecule has 0 amide bonds. The van der Waals surface area contributed by atoms with Gasteiger partial charge in [-0.3, -0.25) is 0 Å². The Morgan fingerprint density at radius 1 is 1.64 bits per heavy atom. The molecule has 5 heteroatoms. The summed E-state index contributed by atoms with van der Waals surface area (Å²) in [6.45, 7) is 3.94. The summed E-state index contributed by atoms with van der Waals surface area (Å²) in [5.74, 6) is 0. The Hall–Kier alpha value is -1.00. The highest BCUT2D eigenvalue weighted by molar-refractivity contribution is 8.07. The largest absolute Gasteiger partial charge is 0.345 e. The first kappa shape index (κ1) is 9.55. The third kappa shape index (κ3) is 1.51. The lowest BCUT2D eigenvalue weighted by Gasteiger charge is -1.98. The number of H-pyrrole nitrogens is 1. The molecule has 0 fully saturated rings. The molecule has 0 spiro atoms. The summed E-state index contributed by atoms with van der Waals surface area (Å²) in [4.78, 5) is 12.0. The standard InChI is InChI=1S/C9H8ClN3S/c1-5(14-2)6-3-11-8-7(6)4-12-9(10)13-8/h3-4H,1H2,2H3,(H,11,12,13). The van der Waals surface area contributed by atoms with E-state index in [9.17, 15) is 0 Å². The second-order valence-electron chi connectivity index (χ2n) is 2.73. The Labute approximate surface area is 90.6 Å². The van der Waals surface area contributed by atoms with Gasteiger partial charge in [0.2, 0.25) is 5.28 Å². The molecule has 0 unspecified atom stereocenters. The summed E-state index contributed by atoms with van der Waals surface area (Å²) in [5.41, 5.74) is 1.78.